The van der Waals surface area contributed by atoms with Crippen LogP contribution in [0.15, 0.2) is 6.20 Å². The molecule has 0 spiro atoms. The smallest absolute Gasteiger partial charge is 0.159 e. The molecule has 4 heteroatoms. The topological polar surface area (TPSA) is 52.1 Å². The Hall–Kier alpha value is -1.45. The highest BCUT2D eigenvalue weighted by molar-refractivity contribution is 5.78. The van der Waals surface area contributed by atoms with Gasteiger partial charge >= 0.3 is 0 Å². The first-order valence-corrected chi connectivity index (χ1v) is 4.93. The van der Waals surface area contributed by atoms with Crippen LogP contribution in [0, 0.1) is 0 Å². The number of carbonyl (C=O) groups is 1. The lowest BCUT2D eigenvalue weighted by Crippen LogP contribution is -2.07. The van der Waals surface area contributed by atoms with E-state index in [4.69, 9.17) is 4.74 Å². The highest BCUT2D eigenvalue weighted by Gasteiger charge is 2.11. The molecule has 0 radical (unpaired) electrons. The van der Waals surface area contributed by atoms with Gasteiger partial charge in [0.2, 0.25) is 0 Å². The third-order valence-electron chi connectivity index (χ3n) is 2.00. The van der Waals surface area contributed by atoms with Gasteiger partial charge in [-0.15, -0.1) is 0 Å². The van der Waals surface area contributed by atoms with Crippen LogP contribution in [-0.2, 0) is 11.2 Å². The van der Waals surface area contributed by atoms with Gasteiger partial charge in [0, 0.05) is 5.92 Å². The quantitative estimate of drug-likeness (QED) is 0.756. The first-order valence-electron chi connectivity index (χ1n) is 4.93. The number of hydrogen-bond donors (Lipinski definition) is 0. The number of ether oxygens (including phenoxy) is 1. The van der Waals surface area contributed by atoms with Gasteiger partial charge in [-0.3, -0.25) is 4.79 Å². The third-order valence-corrected chi connectivity index (χ3v) is 2.00. The molecule has 0 N–H and O–H groups in total. The van der Waals surface area contributed by atoms with Crippen molar-refractivity contribution in [2.75, 3.05) is 7.11 Å². The van der Waals surface area contributed by atoms with E-state index in [2.05, 4.69) is 9.97 Å². The molecule has 1 aromatic heterocycles. The highest BCUT2D eigenvalue weighted by atomic mass is 16.5. The Bertz CT molecular complexity index is 362. The van der Waals surface area contributed by atoms with Crippen molar-refractivity contribution in [1.29, 1.82) is 0 Å². The van der Waals surface area contributed by atoms with Crippen molar-refractivity contribution in [3.63, 3.8) is 0 Å². The Kier molecular flexibility index (Phi) is 3.77. The van der Waals surface area contributed by atoms with Gasteiger partial charge in [0.05, 0.1) is 25.4 Å². The zero-order valence-corrected chi connectivity index (χ0v) is 9.57. The van der Waals surface area contributed by atoms with E-state index in [9.17, 15) is 4.79 Å². The van der Waals surface area contributed by atoms with Crippen LogP contribution in [0.1, 0.15) is 38.2 Å². The maximum Gasteiger partial charge on any atom is 0.159 e. The number of carbonyl (C=O) groups excluding carboxylic acids is 1. The summed E-state index contributed by atoms with van der Waals surface area (Å²) in [6, 6.07) is 0. The maximum atomic E-state index is 11.0. The maximum absolute atomic E-state index is 11.0. The van der Waals surface area contributed by atoms with Crippen LogP contribution in [0.25, 0.3) is 0 Å². The molecule has 0 atom stereocenters. The summed E-state index contributed by atoms with van der Waals surface area (Å²) < 4.78 is 5.10. The Morgan fingerprint density at radius 3 is 2.67 bits per heavy atom. The van der Waals surface area contributed by atoms with E-state index < -0.39 is 0 Å². The number of nitrogens with zero attached hydrogens (tertiary/aromatic N) is 2. The molecule has 0 saturated heterocycles. The van der Waals surface area contributed by atoms with Gasteiger partial charge in [0.15, 0.2) is 5.75 Å². The number of ketones is 1. The van der Waals surface area contributed by atoms with E-state index in [-0.39, 0.29) is 11.7 Å². The lowest BCUT2D eigenvalue weighted by atomic mass is 10.1. The standard InChI is InChI=1S/C11H16N2O2/c1-7(2)11-12-6-10(15-4)9(13-11)5-8(3)14/h6-7H,5H2,1-4H3. The molecule has 0 aromatic carbocycles. The number of methoxy groups -OCH3 is 1. The molecule has 0 saturated carbocycles. The summed E-state index contributed by atoms with van der Waals surface area (Å²) in [4.78, 5) is 19.5. The van der Waals surface area contributed by atoms with Gasteiger partial charge in [-0.05, 0) is 6.92 Å². The van der Waals surface area contributed by atoms with E-state index in [1.165, 1.54) is 6.92 Å². The summed E-state index contributed by atoms with van der Waals surface area (Å²) in [5, 5.41) is 0. The van der Waals surface area contributed by atoms with Crippen LogP contribution in [0.5, 0.6) is 5.75 Å². The Balaban J connectivity index is 3.07. The van der Waals surface area contributed by atoms with E-state index in [0.29, 0.717) is 17.9 Å². The predicted molar refractivity (Wildman–Crippen MR) is 57.1 cm³/mol. The fourth-order valence-electron chi connectivity index (χ4n) is 1.23. The van der Waals surface area contributed by atoms with Gasteiger partial charge < -0.3 is 4.74 Å². The summed E-state index contributed by atoms with van der Waals surface area (Å²) in [5.74, 6) is 1.64. The van der Waals surface area contributed by atoms with Crippen LogP contribution in [-0.4, -0.2) is 22.9 Å². The molecule has 82 valence electrons. The molecule has 4 nitrogen and oxygen atoms in total. The number of hydrogen-bond acceptors (Lipinski definition) is 4. The summed E-state index contributed by atoms with van der Waals surface area (Å²) in [6.45, 7) is 5.56. The first kappa shape index (κ1) is 11.6. The van der Waals surface area contributed by atoms with E-state index in [0.717, 1.165) is 5.82 Å². The van der Waals surface area contributed by atoms with Crippen molar-refractivity contribution >= 4 is 5.78 Å². The SMILES string of the molecule is COc1cnc(C(C)C)nc1CC(C)=O. The van der Waals surface area contributed by atoms with Gasteiger partial charge in [-0.2, -0.15) is 0 Å². The molecule has 0 aliphatic rings. The first-order chi connectivity index (χ1) is 7.04. The molecule has 0 fully saturated rings. The second kappa shape index (κ2) is 4.87. The third kappa shape index (κ3) is 3.01. The van der Waals surface area contributed by atoms with E-state index in [1.54, 1.807) is 13.3 Å². The minimum Gasteiger partial charge on any atom is -0.493 e. The fourth-order valence-corrected chi connectivity index (χ4v) is 1.23. The average molecular weight is 208 g/mol. The van der Waals surface area contributed by atoms with Crippen LogP contribution >= 0.6 is 0 Å². The van der Waals surface area contributed by atoms with Crippen LogP contribution in [0.4, 0.5) is 0 Å². The van der Waals surface area contributed by atoms with Crippen molar-refractivity contribution in [3.8, 4) is 5.75 Å². The number of rotatable bonds is 4. The van der Waals surface area contributed by atoms with Crippen LogP contribution < -0.4 is 4.74 Å². The van der Waals surface area contributed by atoms with E-state index >= 15 is 0 Å². The molecule has 0 amide bonds. The van der Waals surface area contributed by atoms with Gasteiger partial charge in [0.25, 0.3) is 0 Å². The van der Waals surface area contributed by atoms with Gasteiger partial charge in [0.1, 0.15) is 11.6 Å². The van der Waals surface area contributed by atoms with Crippen molar-refractivity contribution in [2.24, 2.45) is 0 Å². The summed E-state index contributed by atoms with van der Waals surface area (Å²) >= 11 is 0. The number of aromatic nitrogens is 2. The van der Waals surface area contributed by atoms with Crippen molar-refractivity contribution in [2.45, 2.75) is 33.1 Å². The largest absolute Gasteiger partial charge is 0.493 e. The van der Waals surface area contributed by atoms with Crippen molar-refractivity contribution < 1.29 is 9.53 Å². The molecule has 0 aliphatic heterocycles. The monoisotopic (exact) mass is 208 g/mol. The number of Topliss-reactive ketones (excluding diaryl/α,β-unsaturated/α-hetero) is 1. The molecule has 15 heavy (non-hydrogen) atoms. The van der Waals surface area contributed by atoms with Gasteiger partial charge in [-0.25, -0.2) is 9.97 Å². The molecule has 0 unspecified atom stereocenters. The zero-order valence-electron chi connectivity index (χ0n) is 9.57. The van der Waals surface area contributed by atoms with Gasteiger partial charge in [-0.1, -0.05) is 13.8 Å². The Morgan fingerprint density at radius 1 is 1.53 bits per heavy atom. The van der Waals surface area contributed by atoms with E-state index in [1.807, 2.05) is 13.8 Å². The lowest BCUT2D eigenvalue weighted by molar-refractivity contribution is -0.116. The van der Waals surface area contributed by atoms with Crippen LogP contribution in [0.3, 0.4) is 0 Å². The molecular weight excluding hydrogens is 192 g/mol. The Morgan fingerprint density at radius 2 is 2.20 bits per heavy atom. The molecule has 1 rings (SSSR count). The molecule has 1 aromatic rings. The second-order valence-corrected chi connectivity index (χ2v) is 3.78. The molecule has 0 aliphatic carbocycles. The predicted octanol–water partition coefficient (Wildman–Crippen LogP) is 1.74. The van der Waals surface area contributed by atoms with Crippen LogP contribution in [0.2, 0.25) is 0 Å². The normalized spacial score (nSPS) is 10.5. The average Bonchev–Trinajstić information content (AvgIpc) is 2.16. The summed E-state index contributed by atoms with van der Waals surface area (Å²) in [5.41, 5.74) is 0.670. The van der Waals surface area contributed by atoms with Crippen molar-refractivity contribution in [3.05, 3.63) is 17.7 Å². The molecule has 1 heterocycles. The lowest BCUT2D eigenvalue weighted by Gasteiger charge is -2.09. The second-order valence-electron chi connectivity index (χ2n) is 3.78. The summed E-state index contributed by atoms with van der Waals surface area (Å²) in [6.07, 6.45) is 1.92. The summed E-state index contributed by atoms with van der Waals surface area (Å²) in [7, 11) is 1.55. The molecular formula is C11H16N2O2. The minimum atomic E-state index is 0.0710. The minimum absolute atomic E-state index is 0.0710. The molecule has 0 bridgehead atoms. The fraction of sp³-hybridized carbons (Fsp3) is 0.545. The van der Waals surface area contributed by atoms with Crippen molar-refractivity contribution in [1.82, 2.24) is 9.97 Å². The highest BCUT2D eigenvalue weighted by Crippen LogP contribution is 2.18. The Labute approximate surface area is 89.7 Å². The zero-order chi connectivity index (χ0) is 11.4.